The van der Waals surface area contributed by atoms with Gasteiger partial charge in [0, 0.05) is 32.1 Å². The molecule has 0 N–H and O–H groups in total. The number of hydrogen-bond acceptors (Lipinski definition) is 5. The Kier molecular flexibility index (Phi) is 8.06. The van der Waals surface area contributed by atoms with Crippen LogP contribution in [0.15, 0.2) is 60.7 Å². The normalized spacial score (nSPS) is 18.1. The van der Waals surface area contributed by atoms with Crippen molar-refractivity contribution in [2.45, 2.75) is 37.5 Å². The third kappa shape index (κ3) is 5.66. The standard InChI is InChI=1S/C28H34N2O5/c1-34-27(33)28(23-8-4-2-5-9-23)15-19-30(20-16-28)26(32)22-12-17-29(18-13-22)25(31)14-21-35-24-10-6-3-7-11-24/h2-11,22H,12-21H2,1H3. The van der Waals surface area contributed by atoms with Crippen LogP contribution in [-0.4, -0.2) is 67.5 Å². The van der Waals surface area contributed by atoms with Gasteiger partial charge in [-0.1, -0.05) is 48.5 Å². The average Bonchev–Trinajstić information content (AvgIpc) is 2.93. The lowest BCUT2D eigenvalue weighted by atomic mass is 9.72. The van der Waals surface area contributed by atoms with Gasteiger partial charge in [-0.3, -0.25) is 14.4 Å². The lowest BCUT2D eigenvalue weighted by Gasteiger charge is -2.42. The van der Waals surface area contributed by atoms with Crippen molar-refractivity contribution >= 4 is 17.8 Å². The number of benzene rings is 2. The number of amides is 2. The summed E-state index contributed by atoms with van der Waals surface area (Å²) in [5.41, 5.74) is 0.242. The van der Waals surface area contributed by atoms with Crippen LogP contribution >= 0.6 is 0 Å². The van der Waals surface area contributed by atoms with E-state index in [1.807, 2.05) is 70.5 Å². The summed E-state index contributed by atoms with van der Waals surface area (Å²) in [5.74, 6) is 0.641. The zero-order valence-corrected chi connectivity index (χ0v) is 20.4. The Balaban J connectivity index is 1.25. The Labute approximate surface area is 207 Å². The number of hydrogen-bond donors (Lipinski definition) is 0. The third-order valence-corrected chi connectivity index (χ3v) is 7.36. The molecule has 2 aromatic rings. The molecule has 0 aromatic heterocycles. The molecule has 4 rings (SSSR count). The summed E-state index contributed by atoms with van der Waals surface area (Å²) in [6.45, 7) is 2.57. The van der Waals surface area contributed by atoms with Crippen molar-refractivity contribution in [2.75, 3.05) is 39.9 Å². The fourth-order valence-electron chi connectivity index (χ4n) is 5.24. The number of nitrogens with zero attached hydrogens (tertiary/aromatic N) is 2. The van der Waals surface area contributed by atoms with Gasteiger partial charge in [0.2, 0.25) is 11.8 Å². The molecule has 2 aliphatic heterocycles. The van der Waals surface area contributed by atoms with Gasteiger partial charge in [-0.2, -0.15) is 0 Å². The molecule has 186 valence electrons. The monoisotopic (exact) mass is 478 g/mol. The molecule has 0 saturated carbocycles. The van der Waals surface area contributed by atoms with Gasteiger partial charge in [0.1, 0.15) is 5.75 Å². The highest BCUT2D eigenvalue weighted by molar-refractivity contribution is 5.85. The first-order valence-corrected chi connectivity index (χ1v) is 12.4. The molecule has 7 nitrogen and oxygen atoms in total. The van der Waals surface area contributed by atoms with Crippen molar-refractivity contribution in [1.82, 2.24) is 9.80 Å². The Morgan fingerprint density at radius 1 is 0.857 bits per heavy atom. The van der Waals surface area contributed by atoms with Crippen molar-refractivity contribution in [3.63, 3.8) is 0 Å². The van der Waals surface area contributed by atoms with Crippen LogP contribution in [0.3, 0.4) is 0 Å². The molecular weight excluding hydrogens is 444 g/mol. The fraction of sp³-hybridized carbons (Fsp3) is 0.464. The van der Waals surface area contributed by atoms with Crippen LogP contribution in [0, 0.1) is 5.92 Å². The number of likely N-dealkylation sites (tertiary alicyclic amines) is 2. The summed E-state index contributed by atoms with van der Waals surface area (Å²) in [5, 5.41) is 0. The molecule has 2 saturated heterocycles. The van der Waals surface area contributed by atoms with Gasteiger partial charge in [-0.05, 0) is 43.4 Å². The van der Waals surface area contributed by atoms with E-state index in [0.717, 1.165) is 11.3 Å². The summed E-state index contributed by atoms with van der Waals surface area (Å²) < 4.78 is 10.8. The molecule has 0 atom stereocenters. The molecule has 2 amide bonds. The zero-order valence-electron chi connectivity index (χ0n) is 20.4. The van der Waals surface area contributed by atoms with Crippen LogP contribution in [0.1, 0.15) is 37.7 Å². The lowest BCUT2D eigenvalue weighted by molar-refractivity contribution is -0.152. The minimum Gasteiger partial charge on any atom is -0.493 e. The number of ether oxygens (including phenoxy) is 2. The zero-order chi connectivity index (χ0) is 24.7. The summed E-state index contributed by atoms with van der Waals surface area (Å²) in [6.07, 6.45) is 2.76. The maximum absolute atomic E-state index is 13.2. The van der Waals surface area contributed by atoms with Gasteiger partial charge in [0.05, 0.1) is 25.6 Å². The van der Waals surface area contributed by atoms with Gasteiger partial charge in [-0.15, -0.1) is 0 Å². The van der Waals surface area contributed by atoms with Crippen molar-refractivity contribution in [1.29, 1.82) is 0 Å². The largest absolute Gasteiger partial charge is 0.493 e. The molecule has 0 unspecified atom stereocenters. The molecule has 2 aliphatic rings. The smallest absolute Gasteiger partial charge is 0.316 e. The first-order valence-electron chi connectivity index (χ1n) is 12.4. The first kappa shape index (κ1) is 24.8. The second kappa shape index (κ2) is 11.4. The number of piperidine rings is 2. The van der Waals surface area contributed by atoms with Crippen LogP contribution in [0.5, 0.6) is 5.75 Å². The highest BCUT2D eigenvalue weighted by Gasteiger charge is 2.45. The van der Waals surface area contributed by atoms with Crippen LogP contribution < -0.4 is 4.74 Å². The Morgan fingerprint density at radius 2 is 1.46 bits per heavy atom. The Bertz CT molecular complexity index is 995. The molecule has 7 heteroatoms. The van der Waals surface area contributed by atoms with Crippen molar-refractivity contribution < 1.29 is 23.9 Å². The van der Waals surface area contributed by atoms with Gasteiger partial charge in [-0.25, -0.2) is 0 Å². The number of para-hydroxylation sites is 1. The SMILES string of the molecule is COC(=O)C1(c2ccccc2)CCN(C(=O)C2CCN(C(=O)CCOc3ccccc3)CC2)CC1. The van der Waals surface area contributed by atoms with E-state index < -0.39 is 5.41 Å². The van der Waals surface area contributed by atoms with E-state index in [1.54, 1.807) is 0 Å². The van der Waals surface area contributed by atoms with Crippen molar-refractivity contribution in [3.05, 3.63) is 66.2 Å². The van der Waals surface area contributed by atoms with Gasteiger partial charge >= 0.3 is 5.97 Å². The highest BCUT2D eigenvalue weighted by atomic mass is 16.5. The van der Waals surface area contributed by atoms with Crippen LogP contribution in [0.25, 0.3) is 0 Å². The second-order valence-corrected chi connectivity index (χ2v) is 9.33. The molecule has 0 bridgehead atoms. The number of methoxy groups -OCH3 is 1. The second-order valence-electron chi connectivity index (χ2n) is 9.33. The quantitative estimate of drug-likeness (QED) is 0.570. The summed E-state index contributed by atoms with van der Waals surface area (Å²) in [4.78, 5) is 42.3. The maximum atomic E-state index is 13.2. The Morgan fingerprint density at radius 3 is 2.06 bits per heavy atom. The summed E-state index contributed by atoms with van der Waals surface area (Å²) >= 11 is 0. The highest BCUT2D eigenvalue weighted by Crippen LogP contribution is 2.37. The molecule has 2 aromatic carbocycles. The Hall–Kier alpha value is -3.35. The predicted molar refractivity (Wildman–Crippen MR) is 132 cm³/mol. The molecule has 0 radical (unpaired) electrons. The molecular formula is C28H34N2O5. The molecule has 0 aliphatic carbocycles. The molecule has 0 spiro atoms. The summed E-state index contributed by atoms with van der Waals surface area (Å²) in [6, 6.07) is 19.2. The first-order chi connectivity index (χ1) is 17.0. The van der Waals surface area contributed by atoms with Gasteiger partial charge in [0.15, 0.2) is 0 Å². The van der Waals surface area contributed by atoms with Crippen molar-refractivity contribution in [3.8, 4) is 5.75 Å². The van der Waals surface area contributed by atoms with Crippen molar-refractivity contribution in [2.24, 2.45) is 5.92 Å². The number of rotatable bonds is 7. The van der Waals surface area contributed by atoms with E-state index in [0.29, 0.717) is 64.9 Å². The van der Waals surface area contributed by atoms with E-state index in [-0.39, 0.29) is 23.7 Å². The third-order valence-electron chi connectivity index (χ3n) is 7.36. The number of carbonyl (C=O) groups excluding carboxylic acids is 3. The van der Waals surface area contributed by atoms with E-state index in [9.17, 15) is 14.4 Å². The van der Waals surface area contributed by atoms with E-state index in [2.05, 4.69) is 0 Å². The predicted octanol–water partition coefficient (Wildman–Crippen LogP) is 3.43. The van der Waals surface area contributed by atoms with E-state index >= 15 is 0 Å². The van der Waals surface area contributed by atoms with Gasteiger partial charge < -0.3 is 19.3 Å². The van der Waals surface area contributed by atoms with E-state index in [1.165, 1.54) is 7.11 Å². The van der Waals surface area contributed by atoms with Crippen LogP contribution in [0.4, 0.5) is 0 Å². The maximum Gasteiger partial charge on any atom is 0.316 e. The number of carbonyl (C=O) groups is 3. The van der Waals surface area contributed by atoms with Crippen LogP contribution in [0.2, 0.25) is 0 Å². The molecule has 2 heterocycles. The fourth-order valence-corrected chi connectivity index (χ4v) is 5.24. The van der Waals surface area contributed by atoms with Crippen LogP contribution in [-0.2, 0) is 24.5 Å². The molecule has 2 fully saturated rings. The molecule has 35 heavy (non-hydrogen) atoms. The minimum atomic E-state index is -0.704. The average molecular weight is 479 g/mol. The minimum absolute atomic E-state index is 0.0653. The lowest BCUT2D eigenvalue weighted by Crippen LogP contribution is -2.52. The van der Waals surface area contributed by atoms with Gasteiger partial charge in [0.25, 0.3) is 0 Å². The van der Waals surface area contributed by atoms with E-state index in [4.69, 9.17) is 9.47 Å². The topological polar surface area (TPSA) is 76.2 Å². The number of esters is 1. The summed E-state index contributed by atoms with van der Waals surface area (Å²) in [7, 11) is 1.42.